The number of fused-ring (bicyclic) bond motifs is 1. The van der Waals surface area contributed by atoms with Crippen LogP contribution in [0.5, 0.6) is 0 Å². The molecule has 2 amide bonds. The molecule has 4 N–H and O–H groups in total. The van der Waals surface area contributed by atoms with Crippen molar-refractivity contribution < 1.29 is 9.59 Å². The van der Waals surface area contributed by atoms with Gasteiger partial charge in [-0.2, -0.15) is 0 Å². The highest BCUT2D eigenvalue weighted by atomic mass is 16.1. The second-order valence-electron chi connectivity index (χ2n) is 6.50. The summed E-state index contributed by atoms with van der Waals surface area (Å²) in [6, 6.07) is 7.58. The maximum absolute atomic E-state index is 11.8. The summed E-state index contributed by atoms with van der Waals surface area (Å²) in [6.45, 7) is 0.649. The fourth-order valence-corrected chi connectivity index (χ4v) is 4.09. The molecule has 1 saturated carbocycles. The number of likely N-dealkylation sites (tertiary alicyclic amines) is 1. The number of primary amides is 2. The van der Waals surface area contributed by atoms with Crippen LogP contribution in [0.3, 0.4) is 0 Å². The molecular weight excluding hydrogens is 278 g/mol. The molecule has 1 saturated heterocycles. The van der Waals surface area contributed by atoms with Gasteiger partial charge in [0.05, 0.1) is 6.04 Å². The van der Waals surface area contributed by atoms with Crippen molar-refractivity contribution in [2.45, 2.75) is 50.7 Å². The van der Waals surface area contributed by atoms with Crippen molar-refractivity contribution in [1.29, 1.82) is 0 Å². The lowest BCUT2D eigenvalue weighted by Crippen LogP contribution is -2.44. The van der Waals surface area contributed by atoms with Gasteiger partial charge in [-0.25, -0.2) is 0 Å². The van der Waals surface area contributed by atoms with E-state index in [2.05, 4.69) is 4.90 Å². The van der Waals surface area contributed by atoms with Crippen LogP contribution in [0.2, 0.25) is 0 Å². The molecule has 0 spiro atoms. The molecule has 0 radical (unpaired) electrons. The first-order valence-electron chi connectivity index (χ1n) is 8.00. The van der Waals surface area contributed by atoms with Crippen LogP contribution in [0.25, 0.3) is 0 Å². The standard InChI is InChI=1S/C17H23N3O2/c18-16(21)13-6-3-4-11(8-13)10-20-14-7-2-1-5-12(14)9-15(20)17(19)22/h3-4,6,8,12,14-15H,1-2,5,7,9-10H2,(H2,18,21)(H2,19,22)/t12-,14-,15-/m0/s1. The highest BCUT2D eigenvalue weighted by Gasteiger charge is 2.44. The van der Waals surface area contributed by atoms with Crippen LogP contribution >= 0.6 is 0 Å². The van der Waals surface area contributed by atoms with E-state index in [-0.39, 0.29) is 11.9 Å². The van der Waals surface area contributed by atoms with Crippen molar-refractivity contribution in [1.82, 2.24) is 4.90 Å². The van der Waals surface area contributed by atoms with E-state index in [1.165, 1.54) is 19.3 Å². The summed E-state index contributed by atoms with van der Waals surface area (Å²) < 4.78 is 0. The Kier molecular flexibility index (Phi) is 4.16. The van der Waals surface area contributed by atoms with Gasteiger partial charge in [0.15, 0.2) is 0 Å². The molecule has 2 aliphatic rings. The first-order valence-corrected chi connectivity index (χ1v) is 8.00. The Labute approximate surface area is 130 Å². The van der Waals surface area contributed by atoms with Gasteiger partial charge in [0, 0.05) is 18.2 Å². The van der Waals surface area contributed by atoms with Gasteiger partial charge in [0.2, 0.25) is 11.8 Å². The zero-order valence-corrected chi connectivity index (χ0v) is 12.7. The predicted octanol–water partition coefficient (Wildman–Crippen LogP) is 1.40. The van der Waals surface area contributed by atoms with Crippen LogP contribution in [0.4, 0.5) is 0 Å². The Morgan fingerprint density at radius 3 is 2.68 bits per heavy atom. The van der Waals surface area contributed by atoms with Gasteiger partial charge in [0.1, 0.15) is 0 Å². The Hall–Kier alpha value is -1.88. The summed E-state index contributed by atoms with van der Waals surface area (Å²) in [5.74, 6) is -0.0868. The molecule has 3 rings (SSSR count). The van der Waals surface area contributed by atoms with Gasteiger partial charge < -0.3 is 11.5 Å². The maximum Gasteiger partial charge on any atom is 0.248 e. The van der Waals surface area contributed by atoms with Crippen LogP contribution in [0.1, 0.15) is 48.0 Å². The smallest absolute Gasteiger partial charge is 0.248 e. The van der Waals surface area contributed by atoms with E-state index in [9.17, 15) is 9.59 Å². The summed E-state index contributed by atoms with van der Waals surface area (Å²) in [4.78, 5) is 25.4. The fourth-order valence-electron chi connectivity index (χ4n) is 4.09. The number of carbonyl (C=O) groups excluding carboxylic acids is 2. The third-order valence-electron chi connectivity index (χ3n) is 5.13. The van der Waals surface area contributed by atoms with Crippen molar-refractivity contribution in [3.63, 3.8) is 0 Å². The highest BCUT2D eigenvalue weighted by molar-refractivity contribution is 5.92. The maximum atomic E-state index is 11.8. The number of carbonyl (C=O) groups is 2. The van der Waals surface area contributed by atoms with Gasteiger partial charge in [-0.05, 0) is 42.9 Å². The van der Waals surface area contributed by atoms with Crippen LogP contribution in [0, 0.1) is 5.92 Å². The first kappa shape index (κ1) is 15.0. The van der Waals surface area contributed by atoms with Gasteiger partial charge in [0.25, 0.3) is 0 Å². The van der Waals surface area contributed by atoms with E-state index in [0.717, 1.165) is 18.4 Å². The van der Waals surface area contributed by atoms with Gasteiger partial charge in [-0.3, -0.25) is 14.5 Å². The molecule has 1 aliphatic carbocycles. The molecule has 0 aromatic heterocycles. The van der Waals surface area contributed by atoms with Gasteiger partial charge in [-0.1, -0.05) is 25.0 Å². The lowest BCUT2D eigenvalue weighted by Gasteiger charge is -2.33. The number of hydrogen-bond acceptors (Lipinski definition) is 3. The Bertz CT molecular complexity index is 587. The Morgan fingerprint density at radius 1 is 1.18 bits per heavy atom. The lowest BCUT2D eigenvalue weighted by molar-refractivity contribution is -0.122. The van der Waals surface area contributed by atoms with E-state index in [1.54, 1.807) is 6.07 Å². The third-order valence-corrected chi connectivity index (χ3v) is 5.13. The average Bonchev–Trinajstić information content (AvgIpc) is 2.87. The number of nitrogens with zero attached hydrogens (tertiary/aromatic N) is 1. The van der Waals surface area contributed by atoms with E-state index >= 15 is 0 Å². The van der Waals surface area contributed by atoms with Crippen molar-refractivity contribution in [3.05, 3.63) is 35.4 Å². The molecule has 118 valence electrons. The number of rotatable bonds is 4. The fraction of sp³-hybridized carbons (Fsp3) is 0.529. The SMILES string of the molecule is NC(=O)c1cccc(CN2[C@H](C(N)=O)C[C@@H]3CCCC[C@@H]32)c1. The molecule has 2 fully saturated rings. The molecule has 0 unspecified atom stereocenters. The minimum atomic E-state index is -0.426. The first-order chi connectivity index (χ1) is 10.6. The number of benzene rings is 1. The molecule has 1 aliphatic heterocycles. The van der Waals surface area contributed by atoms with Crippen LogP contribution in [-0.4, -0.2) is 28.8 Å². The molecule has 5 heteroatoms. The molecule has 3 atom stereocenters. The van der Waals surface area contributed by atoms with Gasteiger partial charge >= 0.3 is 0 Å². The van der Waals surface area contributed by atoms with Crippen LogP contribution in [0.15, 0.2) is 24.3 Å². The topological polar surface area (TPSA) is 89.4 Å². The number of nitrogens with two attached hydrogens (primary N) is 2. The Morgan fingerprint density at radius 2 is 1.95 bits per heavy atom. The van der Waals surface area contributed by atoms with E-state index in [4.69, 9.17) is 11.5 Å². The number of amides is 2. The summed E-state index contributed by atoms with van der Waals surface area (Å²) >= 11 is 0. The second-order valence-corrected chi connectivity index (χ2v) is 6.50. The molecule has 1 aromatic rings. The van der Waals surface area contributed by atoms with Gasteiger partial charge in [-0.15, -0.1) is 0 Å². The number of hydrogen-bond donors (Lipinski definition) is 2. The van der Waals surface area contributed by atoms with E-state index in [0.29, 0.717) is 24.1 Å². The molecule has 1 aromatic carbocycles. The second kappa shape index (κ2) is 6.08. The van der Waals surface area contributed by atoms with E-state index in [1.807, 2.05) is 18.2 Å². The normalized spacial score (nSPS) is 28.3. The van der Waals surface area contributed by atoms with Crippen molar-refractivity contribution in [2.75, 3.05) is 0 Å². The van der Waals surface area contributed by atoms with E-state index < -0.39 is 5.91 Å². The Balaban J connectivity index is 1.83. The molecule has 22 heavy (non-hydrogen) atoms. The highest BCUT2D eigenvalue weighted by Crippen LogP contribution is 2.40. The summed E-state index contributed by atoms with van der Waals surface area (Å²) in [6.07, 6.45) is 5.65. The van der Waals surface area contributed by atoms with Crippen molar-refractivity contribution >= 4 is 11.8 Å². The molecular formula is C17H23N3O2. The largest absolute Gasteiger partial charge is 0.368 e. The zero-order chi connectivity index (χ0) is 15.7. The summed E-state index contributed by atoms with van der Waals surface area (Å²) in [5, 5.41) is 0. The monoisotopic (exact) mass is 301 g/mol. The lowest BCUT2D eigenvalue weighted by atomic mass is 9.84. The minimum absolute atomic E-state index is 0.190. The zero-order valence-electron chi connectivity index (χ0n) is 12.7. The van der Waals surface area contributed by atoms with Crippen molar-refractivity contribution in [3.8, 4) is 0 Å². The third kappa shape index (κ3) is 2.86. The van der Waals surface area contributed by atoms with Crippen LogP contribution < -0.4 is 11.5 Å². The van der Waals surface area contributed by atoms with Crippen molar-refractivity contribution in [2.24, 2.45) is 17.4 Å². The summed E-state index contributed by atoms with van der Waals surface area (Å²) in [5.41, 5.74) is 12.5. The molecule has 0 bridgehead atoms. The molecule has 1 heterocycles. The summed E-state index contributed by atoms with van der Waals surface area (Å²) in [7, 11) is 0. The quantitative estimate of drug-likeness (QED) is 0.881. The molecule has 5 nitrogen and oxygen atoms in total. The minimum Gasteiger partial charge on any atom is -0.368 e. The average molecular weight is 301 g/mol. The predicted molar refractivity (Wildman–Crippen MR) is 83.8 cm³/mol. The van der Waals surface area contributed by atoms with Crippen LogP contribution in [-0.2, 0) is 11.3 Å².